The van der Waals surface area contributed by atoms with Gasteiger partial charge in [0.25, 0.3) is 0 Å². The molecule has 0 aliphatic carbocycles. The van der Waals surface area contributed by atoms with E-state index in [0.29, 0.717) is 0 Å². The van der Waals surface area contributed by atoms with Crippen molar-refractivity contribution in [3.8, 4) is 0 Å². The molecule has 1 radical (unpaired) electrons. The van der Waals surface area contributed by atoms with Crippen LogP contribution in [0.5, 0.6) is 0 Å². The molecule has 0 N–H and O–H groups in total. The van der Waals surface area contributed by atoms with E-state index in [2.05, 4.69) is 0 Å². The molecule has 0 aromatic heterocycles. The average molecular weight is 177 g/mol. The molecular formula is C11H13O2. The first kappa shape index (κ1) is 9.78. The lowest BCUT2D eigenvalue weighted by atomic mass is 9.99. The fraction of sp³-hybridized carbons (Fsp3) is 0.364. The summed E-state index contributed by atoms with van der Waals surface area (Å²) in [6.45, 7) is 5.52. The van der Waals surface area contributed by atoms with Crippen molar-refractivity contribution in [2.24, 2.45) is 5.92 Å². The van der Waals surface area contributed by atoms with E-state index in [-0.39, 0.29) is 12.0 Å². The number of ether oxygens (including phenoxy) is 1. The van der Waals surface area contributed by atoms with Crippen LogP contribution in [0.3, 0.4) is 0 Å². The molecule has 0 bridgehead atoms. The van der Waals surface area contributed by atoms with Crippen LogP contribution in [0.2, 0.25) is 0 Å². The van der Waals surface area contributed by atoms with Crippen molar-refractivity contribution in [2.75, 3.05) is 0 Å². The van der Waals surface area contributed by atoms with Gasteiger partial charge in [0.05, 0.1) is 0 Å². The molecule has 1 rings (SSSR count). The molecule has 0 saturated carbocycles. The maximum Gasteiger partial charge on any atom is 0.418 e. The molecule has 0 heterocycles. The van der Waals surface area contributed by atoms with Gasteiger partial charge in [-0.25, -0.2) is 4.79 Å². The van der Waals surface area contributed by atoms with Crippen molar-refractivity contribution in [3.63, 3.8) is 0 Å². The van der Waals surface area contributed by atoms with Gasteiger partial charge in [0.2, 0.25) is 0 Å². The maximum absolute atomic E-state index is 10.1. The zero-order valence-electron chi connectivity index (χ0n) is 7.86. The maximum atomic E-state index is 10.1. The summed E-state index contributed by atoms with van der Waals surface area (Å²) in [7, 11) is 0. The standard InChI is InChI=1S/C11H13O2/c1-9(2)11(13-8-12)10-6-4-3-5-7-10/h3-7,9,11H,1-2H3. The first-order valence-electron chi connectivity index (χ1n) is 4.33. The fourth-order valence-electron chi connectivity index (χ4n) is 1.28. The summed E-state index contributed by atoms with van der Waals surface area (Å²) in [6, 6.07) is 9.69. The van der Waals surface area contributed by atoms with E-state index in [1.807, 2.05) is 44.2 Å². The SMILES string of the molecule is CC(C)C(O[C]=O)c1ccccc1. The Balaban J connectivity index is 2.82. The Kier molecular flexibility index (Phi) is 3.50. The minimum Gasteiger partial charge on any atom is -0.449 e. The third kappa shape index (κ3) is 2.58. The second kappa shape index (κ2) is 4.65. The van der Waals surface area contributed by atoms with Crippen molar-refractivity contribution in [1.82, 2.24) is 0 Å². The van der Waals surface area contributed by atoms with Gasteiger partial charge in [-0.2, -0.15) is 0 Å². The quantitative estimate of drug-likeness (QED) is 0.706. The van der Waals surface area contributed by atoms with E-state index in [0.717, 1.165) is 5.56 Å². The largest absolute Gasteiger partial charge is 0.449 e. The zero-order chi connectivity index (χ0) is 9.68. The molecule has 0 amide bonds. The first-order chi connectivity index (χ1) is 6.25. The molecule has 1 unspecified atom stereocenters. The minimum absolute atomic E-state index is 0.182. The highest BCUT2D eigenvalue weighted by molar-refractivity contribution is 5.39. The molecule has 1 aromatic rings. The van der Waals surface area contributed by atoms with Gasteiger partial charge < -0.3 is 4.74 Å². The molecule has 0 saturated heterocycles. The van der Waals surface area contributed by atoms with Crippen LogP contribution in [0.1, 0.15) is 25.5 Å². The summed E-state index contributed by atoms with van der Waals surface area (Å²) < 4.78 is 4.88. The van der Waals surface area contributed by atoms with E-state index in [9.17, 15) is 4.79 Å². The van der Waals surface area contributed by atoms with Gasteiger partial charge in [0.1, 0.15) is 6.10 Å². The second-order valence-electron chi connectivity index (χ2n) is 3.28. The zero-order valence-corrected chi connectivity index (χ0v) is 7.86. The molecule has 0 spiro atoms. The third-order valence-electron chi connectivity index (χ3n) is 1.91. The molecule has 1 atom stereocenters. The highest BCUT2D eigenvalue weighted by atomic mass is 16.5. The number of carbonyl (C=O) groups excluding carboxylic acids is 1. The average Bonchev–Trinajstić information content (AvgIpc) is 2.15. The van der Waals surface area contributed by atoms with Crippen LogP contribution in [-0.4, -0.2) is 6.47 Å². The molecule has 0 aliphatic heterocycles. The van der Waals surface area contributed by atoms with Gasteiger partial charge in [-0.05, 0) is 11.5 Å². The minimum atomic E-state index is -0.182. The number of hydrogen-bond acceptors (Lipinski definition) is 2. The molecule has 2 nitrogen and oxygen atoms in total. The lowest BCUT2D eigenvalue weighted by molar-refractivity contribution is 0.132. The Labute approximate surface area is 78.5 Å². The lowest BCUT2D eigenvalue weighted by Gasteiger charge is -2.18. The van der Waals surface area contributed by atoms with Crippen LogP contribution >= 0.6 is 0 Å². The fourth-order valence-corrected chi connectivity index (χ4v) is 1.28. The van der Waals surface area contributed by atoms with Crippen LogP contribution in [0, 0.1) is 5.92 Å². The molecule has 1 aromatic carbocycles. The van der Waals surface area contributed by atoms with Crippen LogP contribution < -0.4 is 0 Å². The van der Waals surface area contributed by atoms with Crippen LogP contribution in [-0.2, 0) is 9.53 Å². The summed E-state index contributed by atoms with van der Waals surface area (Å²) in [4.78, 5) is 10.1. The molecular weight excluding hydrogens is 164 g/mol. The molecule has 69 valence electrons. The number of hydrogen-bond donors (Lipinski definition) is 0. The summed E-state index contributed by atoms with van der Waals surface area (Å²) in [5, 5.41) is 0. The van der Waals surface area contributed by atoms with Crippen molar-refractivity contribution in [3.05, 3.63) is 35.9 Å². The van der Waals surface area contributed by atoms with Crippen LogP contribution in [0.25, 0.3) is 0 Å². The Morgan fingerprint density at radius 2 is 1.85 bits per heavy atom. The van der Waals surface area contributed by atoms with Gasteiger partial charge in [0.15, 0.2) is 0 Å². The van der Waals surface area contributed by atoms with Crippen molar-refractivity contribution < 1.29 is 9.53 Å². The van der Waals surface area contributed by atoms with E-state index >= 15 is 0 Å². The Morgan fingerprint density at radius 3 is 2.31 bits per heavy atom. The third-order valence-corrected chi connectivity index (χ3v) is 1.91. The van der Waals surface area contributed by atoms with Crippen LogP contribution in [0.15, 0.2) is 30.3 Å². The highest BCUT2D eigenvalue weighted by Crippen LogP contribution is 2.24. The Morgan fingerprint density at radius 1 is 1.23 bits per heavy atom. The summed E-state index contributed by atoms with van der Waals surface area (Å²) in [5.41, 5.74) is 1.01. The van der Waals surface area contributed by atoms with Crippen molar-refractivity contribution in [2.45, 2.75) is 20.0 Å². The van der Waals surface area contributed by atoms with E-state index in [1.54, 1.807) is 0 Å². The van der Waals surface area contributed by atoms with E-state index in [1.165, 1.54) is 6.47 Å². The van der Waals surface area contributed by atoms with Gasteiger partial charge in [-0.1, -0.05) is 44.2 Å². The Hall–Kier alpha value is -1.31. The Bertz CT molecular complexity index is 254. The van der Waals surface area contributed by atoms with Gasteiger partial charge in [-0.15, -0.1) is 0 Å². The second-order valence-corrected chi connectivity index (χ2v) is 3.28. The van der Waals surface area contributed by atoms with Crippen molar-refractivity contribution in [1.29, 1.82) is 0 Å². The lowest BCUT2D eigenvalue weighted by Crippen LogP contribution is -2.09. The predicted octanol–water partition coefficient (Wildman–Crippen LogP) is 2.47. The van der Waals surface area contributed by atoms with E-state index < -0.39 is 0 Å². The number of benzene rings is 1. The predicted molar refractivity (Wildman–Crippen MR) is 50.8 cm³/mol. The highest BCUT2D eigenvalue weighted by Gasteiger charge is 2.16. The number of rotatable bonds is 4. The van der Waals surface area contributed by atoms with Gasteiger partial charge in [-0.3, -0.25) is 0 Å². The smallest absolute Gasteiger partial charge is 0.418 e. The molecule has 0 fully saturated rings. The molecule has 13 heavy (non-hydrogen) atoms. The molecule has 2 heteroatoms. The summed E-state index contributed by atoms with van der Waals surface area (Å²) >= 11 is 0. The first-order valence-corrected chi connectivity index (χ1v) is 4.33. The summed E-state index contributed by atoms with van der Waals surface area (Å²) in [5.74, 6) is 0.267. The van der Waals surface area contributed by atoms with E-state index in [4.69, 9.17) is 4.74 Å². The normalized spacial score (nSPS) is 12.5. The van der Waals surface area contributed by atoms with Crippen molar-refractivity contribution >= 4 is 6.47 Å². The molecule has 0 aliphatic rings. The van der Waals surface area contributed by atoms with Crippen LogP contribution in [0.4, 0.5) is 0 Å². The topological polar surface area (TPSA) is 26.3 Å². The van der Waals surface area contributed by atoms with Gasteiger partial charge >= 0.3 is 6.47 Å². The van der Waals surface area contributed by atoms with Gasteiger partial charge in [0, 0.05) is 0 Å². The monoisotopic (exact) mass is 177 g/mol. The summed E-state index contributed by atoms with van der Waals surface area (Å²) in [6.07, 6.45) is -0.182.